The topological polar surface area (TPSA) is 71.1 Å². The first kappa shape index (κ1) is 18.5. The van der Waals surface area contributed by atoms with Crippen LogP contribution in [0.15, 0.2) is 18.2 Å². The first-order chi connectivity index (χ1) is 12.4. The molecule has 1 saturated carbocycles. The molecule has 0 unspecified atom stereocenters. The van der Waals surface area contributed by atoms with Crippen molar-refractivity contribution in [3.63, 3.8) is 0 Å². The Bertz CT molecular complexity index is 668. The van der Waals surface area contributed by atoms with Crippen LogP contribution < -0.4 is 9.47 Å². The number of carbonyl (C=O) groups is 2. The summed E-state index contributed by atoms with van der Waals surface area (Å²) in [6.07, 6.45) is 2.99. The number of esters is 2. The summed E-state index contributed by atoms with van der Waals surface area (Å²) in [5, 5.41) is 0. The van der Waals surface area contributed by atoms with E-state index in [2.05, 4.69) is 20.8 Å². The number of ether oxygens (including phenoxy) is 4. The van der Waals surface area contributed by atoms with Crippen LogP contribution in [0, 0.1) is 17.8 Å². The van der Waals surface area contributed by atoms with Crippen molar-refractivity contribution in [1.82, 2.24) is 0 Å². The van der Waals surface area contributed by atoms with Crippen LogP contribution in [-0.4, -0.2) is 31.4 Å². The maximum atomic E-state index is 12.2. The van der Waals surface area contributed by atoms with Gasteiger partial charge in [-0.2, -0.15) is 0 Å². The van der Waals surface area contributed by atoms with Crippen molar-refractivity contribution in [2.75, 3.05) is 13.4 Å². The summed E-state index contributed by atoms with van der Waals surface area (Å²) in [5.41, 5.74) is 0.313. The molecule has 0 aromatic heterocycles. The van der Waals surface area contributed by atoms with E-state index in [0.29, 0.717) is 34.8 Å². The number of hydrogen-bond acceptors (Lipinski definition) is 6. The average molecular weight is 362 g/mol. The zero-order valence-corrected chi connectivity index (χ0v) is 15.5. The van der Waals surface area contributed by atoms with Gasteiger partial charge in [0.25, 0.3) is 0 Å². The third-order valence-corrected chi connectivity index (χ3v) is 5.17. The Morgan fingerprint density at radius 3 is 2.73 bits per heavy atom. The summed E-state index contributed by atoms with van der Waals surface area (Å²) in [4.78, 5) is 24.3. The van der Waals surface area contributed by atoms with E-state index >= 15 is 0 Å². The molecule has 1 heterocycles. The van der Waals surface area contributed by atoms with Crippen molar-refractivity contribution in [2.45, 2.75) is 46.1 Å². The van der Waals surface area contributed by atoms with Gasteiger partial charge < -0.3 is 18.9 Å². The summed E-state index contributed by atoms with van der Waals surface area (Å²) in [5.74, 6) is 1.36. The van der Waals surface area contributed by atoms with Crippen LogP contribution in [0.5, 0.6) is 11.5 Å². The minimum Gasteiger partial charge on any atom is -0.460 e. The largest absolute Gasteiger partial charge is 0.460 e. The summed E-state index contributed by atoms with van der Waals surface area (Å²) in [7, 11) is 0. The maximum Gasteiger partial charge on any atom is 0.344 e. The Morgan fingerprint density at radius 2 is 1.96 bits per heavy atom. The Hall–Kier alpha value is -2.24. The second-order valence-electron chi connectivity index (χ2n) is 7.50. The minimum atomic E-state index is -0.585. The van der Waals surface area contributed by atoms with E-state index in [9.17, 15) is 9.59 Å². The molecule has 0 bridgehead atoms. The highest BCUT2D eigenvalue weighted by Crippen LogP contribution is 2.35. The molecule has 142 valence electrons. The maximum absolute atomic E-state index is 12.2. The number of carbonyl (C=O) groups excluding carboxylic acids is 2. The lowest BCUT2D eigenvalue weighted by Crippen LogP contribution is -2.36. The molecule has 6 nitrogen and oxygen atoms in total. The molecular weight excluding hydrogens is 336 g/mol. The van der Waals surface area contributed by atoms with E-state index in [1.165, 1.54) is 0 Å². The van der Waals surface area contributed by atoms with Crippen molar-refractivity contribution >= 4 is 11.9 Å². The summed E-state index contributed by atoms with van der Waals surface area (Å²) in [6.45, 7) is 6.24. The van der Waals surface area contributed by atoms with E-state index in [4.69, 9.17) is 18.9 Å². The van der Waals surface area contributed by atoms with Gasteiger partial charge in [-0.25, -0.2) is 9.59 Å². The lowest BCUT2D eigenvalue weighted by atomic mass is 9.75. The van der Waals surface area contributed by atoms with Crippen molar-refractivity contribution in [3.05, 3.63) is 23.8 Å². The first-order valence-electron chi connectivity index (χ1n) is 9.20. The summed E-state index contributed by atoms with van der Waals surface area (Å²) in [6, 6.07) is 4.78. The van der Waals surface area contributed by atoms with E-state index < -0.39 is 11.9 Å². The normalized spacial score (nSPS) is 24.4. The highest BCUT2D eigenvalue weighted by Gasteiger charge is 2.33. The molecule has 1 aliphatic carbocycles. The number of rotatable bonds is 5. The number of benzene rings is 1. The molecule has 3 atom stereocenters. The molecule has 6 heteroatoms. The Balaban J connectivity index is 1.52. The SMILES string of the molecule is CC(C)[C@@H]1CC[C@H](C)C[C@@H]1OC(=O)COC(=O)c1ccc2c(c1)OCO2. The van der Waals surface area contributed by atoms with Gasteiger partial charge in [0.15, 0.2) is 18.1 Å². The first-order valence-corrected chi connectivity index (χ1v) is 9.20. The molecule has 0 radical (unpaired) electrons. The third-order valence-electron chi connectivity index (χ3n) is 5.17. The van der Waals surface area contributed by atoms with Crippen LogP contribution in [0.4, 0.5) is 0 Å². The average Bonchev–Trinajstić information content (AvgIpc) is 3.07. The quantitative estimate of drug-likeness (QED) is 0.746. The van der Waals surface area contributed by atoms with Gasteiger partial charge in [-0.1, -0.05) is 27.2 Å². The minimum absolute atomic E-state index is 0.101. The Labute approximate surface area is 153 Å². The monoisotopic (exact) mass is 362 g/mol. The standard InChI is InChI=1S/C20H26O6/c1-12(2)15-6-4-13(3)8-17(15)26-19(21)10-23-20(22)14-5-7-16-18(9-14)25-11-24-16/h5,7,9,12-13,15,17H,4,6,8,10-11H2,1-3H3/t13-,15-,17-/m0/s1. The van der Waals surface area contributed by atoms with E-state index in [-0.39, 0.29) is 19.5 Å². The fourth-order valence-corrected chi connectivity index (χ4v) is 3.68. The van der Waals surface area contributed by atoms with E-state index in [1.807, 2.05) is 0 Å². The van der Waals surface area contributed by atoms with Crippen molar-refractivity contribution in [3.8, 4) is 11.5 Å². The van der Waals surface area contributed by atoms with Gasteiger partial charge in [-0.05, 0) is 48.8 Å². The van der Waals surface area contributed by atoms with Crippen LogP contribution in [0.25, 0.3) is 0 Å². The fourth-order valence-electron chi connectivity index (χ4n) is 3.68. The zero-order chi connectivity index (χ0) is 18.7. The molecule has 3 rings (SSSR count). The predicted octanol–water partition coefficient (Wildman–Crippen LogP) is 3.58. The van der Waals surface area contributed by atoms with E-state index in [0.717, 1.165) is 19.3 Å². The highest BCUT2D eigenvalue weighted by atomic mass is 16.7. The van der Waals surface area contributed by atoms with Crippen LogP contribution in [0.1, 0.15) is 50.4 Å². The van der Waals surface area contributed by atoms with Gasteiger partial charge >= 0.3 is 11.9 Å². The van der Waals surface area contributed by atoms with Crippen LogP contribution in [0.2, 0.25) is 0 Å². The van der Waals surface area contributed by atoms with Crippen molar-refractivity contribution in [2.24, 2.45) is 17.8 Å². The molecule has 0 amide bonds. The smallest absolute Gasteiger partial charge is 0.344 e. The van der Waals surface area contributed by atoms with Gasteiger partial charge in [-0.15, -0.1) is 0 Å². The van der Waals surface area contributed by atoms with Crippen LogP contribution in [-0.2, 0) is 14.3 Å². The molecule has 2 aliphatic rings. The molecule has 1 aromatic carbocycles. The zero-order valence-electron chi connectivity index (χ0n) is 15.5. The molecule has 1 aromatic rings. The van der Waals surface area contributed by atoms with Gasteiger partial charge in [-0.3, -0.25) is 0 Å². The lowest BCUT2D eigenvalue weighted by molar-refractivity contribution is -0.159. The third kappa shape index (κ3) is 4.29. The molecule has 0 saturated heterocycles. The number of hydrogen-bond donors (Lipinski definition) is 0. The summed E-state index contributed by atoms with van der Waals surface area (Å²) < 4.78 is 21.2. The van der Waals surface area contributed by atoms with Gasteiger partial charge in [0.05, 0.1) is 5.56 Å². The summed E-state index contributed by atoms with van der Waals surface area (Å²) >= 11 is 0. The molecule has 1 aliphatic heterocycles. The van der Waals surface area contributed by atoms with Crippen LogP contribution >= 0.6 is 0 Å². The molecule has 0 spiro atoms. The Kier molecular flexibility index (Phi) is 5.69. The van der Waals surface area contributed by atoms with Gasteiger partial charge in [0, 0.05) is 0 Å². The predicted molar refractivity (Wildman–Crippen MR) is 94.1 cm³/mol. The van der Waals surface area contributed by atoms with Crippen LogP contribution in [0.3, 0.4) is 0 Å². The molecule has 26 heavy (non-hydrogen) atoms. The second-order valence-corrected chi connectivity index (χ2v) is 7.50. The lowest BCUT2D eigenvalue weighted by Gasteiger charge is -2.36. The van der Waals surface area contributed by atoms with E-state index in [1.54, 1.807) is 18.2 Å². The Morgan fingerprint density at radius 1 is 1.19 bits per heavy atom. The van der Waals surface area contributed by atoms with Crippen molar-refractivity contribution < 1.29 is 28.5 Å². The molecular formula is C20H26O6. The van der Waals surface area contributed by atoms with Crippen molar-refractivity contribution in [1.29, 1.82) is 0 Å². The molecule has 1 fully saturated rings. The van der Waals surface area contributed by atoms with Gasteiger partial charge in [0.2, 0.25) is 6.79 Å². The second kappa shape index (κ2) is 7.98. The van der Waals surface area contributed by atoms with Gasteiger partial charge in [0.1, 0.15) is 6.10 Å². The molecule has 0 N–H and O–H groups in total. The number of fused-ring (bicyclic) bond motifs is 1. The highest BCUT2D eigenvalue weighted by molar-refractivity contribution is 5.91. The fraction of sp³-hybridized carbons (Fsp3) is 0.600.